The molecule has 0 saturated heterocycles. The second-order valence-corrected chi connectivity index (χ2v) is 30.6. The van der Waals surface area contributed by atoms with E-state index in [1.54, 1.807) is 31.3 Å². The molecule has 4 aromatic heterocycles. The first-order valence-corrected chi connectivity index (χ1v) is 28.7. The third-order valence-corrected chi connectivity index (χ3v) is 20.5. The van der Waals surface area contributed by atoms with Crippen LogP contribution in [0.15, 0.2) is 63.2 Å². The number of hydrogen-bond donors (Lipinski definition) is 1. The minimum absolute atomic E-state index is 0.0395. The molecule has 0 radical (unpaired) electrons. The summed E-state index contributed by atoms with van der Waals surface area (Å²) >= 11 is 0. The zero-order valence-corrected chi connectivity index (χ0v) is 40.9. The Morgan fingerprint density at radius 2 is 1.74 bits per heavy atom. The normalized spacial score (nSPS) is 12.8. The molecule has 1 N–H and O–H groups in total. The highest BCUT2D eigenvalue weighted by molar-refractivity contribution is 7.84. The lowest BCUT2D eigenvalue weighted by atomic mass is 9.95. The van der Waals surface area contributed by atoms with Crippen LogP contribution in [0.2, 0.25) is 42.3 Å². The molecule has 0 amide bonds. The number of halogens is 1. The molecular weight excluding hydrogens is 838 g/mol. The summed E-state index contributed by atoms with van der Waals surface area (Å²) in [6.07, 6.45) is 5.88. The summed E-state index contributed by atoms with van der Waals surface area (Å²) < 4.78 is 54.8. The third-order valence-electron chi connectivity index (χ3n) is 11.8. The van der Waals surface area contributed by atoms with Gasteiger partial charge < -0.3 is 28.5 Å². The summed E-state index contributed by atoms with van der Waals surface area (Å²) in [5.41, 5.74) is 7.18. The summed E-state index contributed by atoms with van der Waals surface area (Å²) in [4.78, 5) is 28.2. The Morgan fingerprint density at radius 1 is 1.02 bits per heavy atom. The number of ether oxygens (including phenoxy) is 3. The van der Waals surface area contributed by atoms with Gasteiger partial charge in [0.25, 0.3) is 0 Å². The lowest BCUT2D eigenvalue weighted by molar-refractivity contribution is 0.0512. The van der Waals surface area contributed by atoms with Gasteiger partial charge in [0, 0.05) is 68.9 Å². The first-order chi connectivity index (χ1) is 29.4. The van der Waals surface area contributed by atoms with Gasteiger partial charge >= 0.3 is 5.63 Å². The summed E-state index contributed by atoms with van der Waals surface area (Å²) in [7, 11) is -3.61. The van der Waals surface area contributed by atoms with Crippen molar-refractivity contribution in [2.75, 3.05) is 38.6 Å². The topological polar surface area (TPSA) is 131 Å². The fourth-order valence-electron chi connectivity index (χ4n) is 8.62. The van der Waals surface area contributed by atoms with Crippen LogP contribution in [0.1, 0.15) is 58.2 Å². The van der Waals surface area contributed by atoms with Crippen LogP contribution in [0.5, 0.6) is 5.75 Å². The number of rotatable bonds is 17. The Balaban J connectivity index is 1.46. The van der Waals surface area contributed by atoms with Gasteiger partial charge in [-0.05, 0) is 77.3 Å². The van der Waals surface area contributed by atoms with Crippen molar-refractivity contribution in [3.8, 4) is 28.5 Å². The van der Waals surface area contributed by atoms with Gasteiger partial charge in [-0.15, -0.1) is 5.54 Å². The molecule has 6 rings (SSSR count). The highest BCUT2D eigenvalue weighted by Crippen LogP contribution is 2.42. The molecule has 4 heterocycles. The number of fused-ring (bicyclic) bond motifs is 3. The molecule has 0 saturated carbocycles. The van der Waals surface area contributed by atoms with E-state index in [2.05, 4.69) is 99.1 Å². The molecule has 6 aromatic rings. The second-order valence-electron chi connectivity index (χ2n) is 18.1. The van der Waals surface area contributed by atoms with Crippen LogP contribution in [0.4, 0.5) is 10.2 Å². The SMILES string of the molecule is COCOc1cc(-c2oc(=O)c3c(NCCc4cn(COCC[Si](C)(C)C)c5ncccc45)nc(S(C)=O)nc3c2C)c2c(C#C[Si](C(C)C)(C(C)C)C(C)C)c(F)ccc2c1. The molecule has 62 heavy (non-hydrogen) atoms. The zero-order chi connectivity index (χ0) is 45.1. The molecule has 0 bridgehead atoms. The molecule has 2 aromatic carbocycles. The van der Waals surface area contributed by atoms with E-state index in [0.717, 1.165) is 22.6 Å². The average molecular weight is 898 g/mol. The molecule has 0 spiro atoms. The van der Waals surface area contributed by atoms with Gasteiger partial charge in [-0.25, -0.2) is 24.1 Å². The van der Waals surface area contributed by atoms with Gasteiger partial charge in [0.1, 0.15) is 49.0 Å². The molecule has 0 aliphatic rings. The van der Waals surface area contributed by atoms with Crippen LogP contribution >= 0.6 is 0 Å². The fourth-order valence-corrected chi connectivity index (χ4v) is 15.0. The van der Waals surface area contributed by atoms with Crippen molar-refractivity contribution >= 4 is 65.5 Å². The Labute approximate surface area is 368 Å². The van der Waals surface area contributed by atoms with Crippen molar-refractivity contribution < 1.29 is 27.2 Å². The molecular formula is C47H60FN5O6SSi2. The number of pyridine rings is 1. The van der Waals surface area contributed by atoms with E-state index in [1.165, 1.54) is 19.4 Å². The van der Waals surface area contributed by atoms with E-state index >= 15 is 4.39 Å². The summed E-state index contributed by atoms with van der Waals surface area (Å²) in [5, 5.41) is 5.62. The van der Waals surface area contributed by atoms with Gasteiger partial charge in [0.2, 0.25) is 5.16 Å². The van der Waals surface area contributed by atoms with E-state index in [4.69, 9.17) is 18.6 Å². The van der Waals surface area contributed by atoms with E-state index in [9.17, 15) is 9.00 Å². The molecule has 0 aliphatic heterocycles. The first kappa shape index (κ1) is 46.8. The highest BCUT2D eigenvalue weighted by Gasteiger charge is 2.42. The Kier molecular flexibility index (Phi) is 14.6. The summed E-state index contributed by atoms with van der Waals surface area (Å²) in [5.74, 6) is 3.66. The van der Waals surface area contributed by atoms with E-state index in [0.29, 0.717) is 70.6 Å². The Hall–Kier alpha value is -4.73. The maximum Gasteiger partial charge on any atom is 0.349 e. The lowest BCUT2D eigenvalue weighted by Crippen LogP contribution is -2.43. The summed E-state index contributed by atoms with van der Waals surface area (Å²) in [6.45, 7) is 23.5. The molecule has 1 atom stereocenters. The number of anilines is 1. The van der Waals surface area contributed by atoms with Crippen molar-refractivity contribution in [3.05, 3.63) is 81.7 Å². The Bertz CT molecular complexity index is 2730. The first-order valence-electron chi connectivity index (χ1n) is 21.2. The standard InChI is InChI=1S/C47H60FN5O6SSi2/c1-29(2)62(30(3)4,31(5)6)22-18-37-39(48)16-15-33-24-35(58-28-56-8)25-38(40(33)37)43-32(7)42-41(46(54)59-43)44(52-47(51-42)60(9)55)49-20-17-34-26-53(27-57-21-23-61(10,11)12)45-36(34)14-13-19-50-45/h13-16,19,24-26,29-31H,17,20-21,23,27-28H2,1-12H3,(H,49,51,52). The largest absolute Gasteiger partial charge is 0.468 e. The monoisotopic (exact) mass is 897 g/mol. The van der Waals surface area contributed by atoms with Crippen molar-refractivity contribution in [1.82, 2.24) is 19.5 Å². The van der Waals surface area contributed by atoms with Crippen LogP contribution in [-0.4, -0.2) is 73.2 Å². The number of nitrogens with zero attached hydrogens (tertiary/aromatic N) is 4. The second kappa shape index (κ2) is 19.3. The van der Waals surface area contributed by atoms with Gasteiger partial charge in [0.15, 0.2) is 6.79 Å². The third kappa shape index (κ3) is 9.74. The van der Waals surface area contributed by atoms with Crippen LogP contribution in [-0.2, 0) is 33.4 Å². The number of nitrogens with one attached hydrogen (secondary N) is 1. The van der Waals surface area contributed by atoms with Gasteiger partial charge in [0.05, 0.1) is 21.9 Å². The fraction of sp³-hybridized carbons (Fsp3) is 0.447. The van der Waals surface area contributed by atoms with E-state index in [-0.39, 0.29) is 40.0 Å². The predicted molar refractivity (Wildman–Crippen MR) is 255 cm³/mol. The quantitative estimate of drug-likeness (QED) is 0.0310. The predicted octanol–water partition coefficient (Wildman–Crippen LogP) is 10.5. The van der Waals surface area contributed by atoms with Crippen molar-refractivity contribution in [2.45, 2.75) is 109 Å². The minimum atomic E-state index is -2.29. The maximum atomic E-state index is 16.3. The van der Waals surface area contributed by atoms with E-state index < -0.39 is 38.4 Å². The van der Waals surface area contributed by atoms with Crippen LogP contribution in [0.25, 0.3) is 44.0 Å². The smallest absolute Gasteiger partial charge is 0.349 e. The van der Waals surface area contributed by atoms with Gasteiger partial charge in [-0.1, -0.05) is 73.2 Å². The van der Waals surface area contributed by atoms with Crippen LogP contribution in [0.3, 0.4) is 0 Å². The molecule has 11 nitrogen and oxygen atoms in total. The molecule has 15 heteroatoms. The highest BCUT2D eigenvalue weighted by atomic mass is 32.2. The van der Waals surface area contributed by atoms with Gasteiger partial charge in [-0.3, -0.25) is 4.21 Å². The molecule has 0 fully saturated rings. The number of benzene rings is 2. The van der Waals surface area contributed by atoms with Crippen molar-refractivity contribution in [2.24, 2.45) is 0 Å². The number of methoxy groups -OCH3 is 1. The van der Waals surface area contributed by atoms with Crippen molar-refractivity contribution in [3.63, 3.8) is 0 Å². The van der Waals surface area contributed by atoms with Gasteiger partial charge in [-0.2, -0.15) is 0 Å². The van der Waals surface area contributed by atoms with Crippen LogP contribution in [0, 0.1) is 24.2 Å². The lowest BCUT2D eigenvalue weighted by Gasteiger charge is -2.38. The summed E-state index contributed by atoms with van der Waals surface area (Å²) in [6, 6.07) is 11.6. The number of hydrogen-bond acceptors (Lipinski definition) is 10. The molecule has 0 aliphatic carbocycles. The number of aromatic nitrogens is 4. The molecule has 330 valence electrons. The number of aryl methyl sites for hydroxylation is 1. The maximum absolute atomic E-state index is 16.3. The van der Waals surface area contributed by atoms with E-state index in [1.807, 2.05) is 16.7 Å². The molecule has 1 unspecified atom stereocenters. The zero-order valence-electron chi connectivity index (χ0n) is 38.1. The Morgan fingerprint density at radius 3 is 2.40 bits per heavy atom. The average Bonchev–Trinajstić information content (AvgIpc) is 3.56. The minimum Gasteiger partial charge on any atom is -0.468 e. The van der Waals surface area contributed by atoms with Crippen molar-refractivity contribution in [1.29, 1.82) is 0 Å². The van der Waals surface area contributed by atoms with Crippen LogP contribution < -0.4 is 15.7 Å².